The van der Waals surface area contributed by atoms with Crippen LogP contribution < -0.4 is 0 Å². The van der Waals surface area contributed by atoms with Crippen molar-refractivity contribution in [2.45, 2.75) is 212 Å². The summed E-state index contributed by atoms with van der Waals surface area (Å²) in [6.45, 7) is 33.7. The third-order valence-corrected chi connectivity index (χ3v) is 14.5. The predicted octanol–water partition coefficient (Wildman–Crippen LogP) is 15.8. The highest BCUT2D eigenvalue weighted by atomic mass is 14.5. The number of hydrogen-bond donors (Lipinski definition) is 0. The van der Waals surface area contributed by atoms with Crippen molar-refractivity contribution in [2.24, 2.45) is 50.7 Å². The SMILES string of the molecule is CC(C)c1ccc(C(C)C)cc1.CC1(C)CCC(C(C)(C)C2CCC(C)(C)CC2)CC1.CC1(C)CCC(C2CCC(C)(C)CC2)CC1. The van der Waals surface area contributed by atoms with E-state index in [9.17, 15) is 0 Å². The fourth-order valence-corrected chi connectivity index (χ4v) is 9.67. The van der Waals surface area contributed by atoms with E-state index in [0.717, 1.165) is 23.7 Å². The molecule has 0 saturated heterocycles. The minimum atomic E-state index is 0.576. The molecule has 4 aliphatic carbocycles. The first-order valence-electron chi connectivity index (χ1n) is 20.7. The maximum Gasteiger partial charge on any atom is -0.0219 e. The molecular weight excluding hydrogens is 565 g/mol. The van der Waals surface area contributed by atoms with Crippen LogP contribution in [0.15, 0.2) is 24.3 Å². The molecule has 4 fully saturated rings. The van der Waals surface area contributed by atoms with Gasteiger partial charge in [0.15, 0.2) is 0 Å². The quantitative estimate of drug-likeness (QED) is 0.298. The number of benzene rings is 1. The second-order valence-corrected chi connectivity index (χ2v) is 21.7. The van der Waals surface area contributed by atoms with Crippen LogP contribution in [0.3, 0.4) is 0 Å². The zero-order valence-corrected chi connectivity index (χ0v) is 34.6. The molecule has 0 N–H and O–H groups in total. The third kappa shape index (κ3) is 12.8. The summed E-state index contributed by atoms with van der Waals surface area (Å²) in [5, 5.41) is 0. The van der Waals surface area contributed by atoms with Crippen molar-refractivity contribution >= 4 is 0 Å². The summed E-state index contributed by atoms with van der Waals surface area (Å²) in [4.78, 5) is 0. The Morgan fingerprint density at radius 1 is 0.426 bits per heavy atom. The first-order valence-corrected chi connectivity index (χ1v) is 20.7. The Morgan fingerprint density at radius 3 is 0.851 bits per heavy atom. The van der Waals surface area contributed by atoms with Crippen LogP contribution in [0.4, 0.5) is 0 Å². The second kappa shape index (κ2) is 16.5. The molecule has 0 radical (unpaired) electrons. The fraction of sp³-hybridized carbons (Fsp3) is 0.872. The van der Waals surface area contributed by atoms with Gasteiger partial charge in [0, 0.05) is 0 Å². The average molecular weight is 649 g/mol. The van der Waals surface area contributed by atoms with E-state index in [2.05, 4.69) is 121 Å². The molecule has 0 bridgehead atoms. The molecule has 0 atom stereocenters. The molecule has 1 aromatic rings. The third-order valence-electron chi connectivity index (χ3n) is 14.5. The van der Waals surface area contributed by atoms with Gasteiger partial charge < -0.3 is 0 Å². The van der Waals surface area contributed by atoms with Crippen LogP contribution in [-0.4, -0.2) is 0 Å². The van der Waals surface area contributed by atoms with Gasteiger partial charge in [-0.05, 0) is 176 Å². The minimum Gasteiger partial charge on any atom is -0.0599 e. The molecular formula is C47H84. The first-order chi connectivity index (χ1) is 21.6. The van der Waals surface area contributed by atoms with Gasteiger partial charge in [-0.3, -0.25) is 0 Å². The monoisotopic (exact) mass is 649 g/mol. The van der Waals surface area contributed by atoms with Crippen LogP contribution in [0.1, 0.15) is 223 Å². The lowest BCUT2D eigenvalue weighted by atomic mass is 9.56. The molecule has 4 aliphatic rings. The van der Waals surface area contributed by atoms with Gasteiger partial charge in [0.05, 0.1) is 0 Å². The largest absolute Gasteiger partial charge is 0.0599 e. The van der Waals surface area contributed by atoms with E-state index < -0.39 is 0 Å². The number of rotatable bonds is 5. The lowest BCUT2D eigenvalue weighted by Crippen LogP contribution is -2.39. The highest BCUT2D eigenvalue weighted by Gasteiger charge is 2.42. The van der Waals surface area contributed by atoms with Crippen LogP contribution in [0.25, 0.3) is 0 Å². The molecule has 0 nitrogen and oxygen atoms in total. The van der Waals surface area contributed by atoms with Crippen molar-refractivity contribution < 1.29 is 0 Å². The van der Waals surface area contributed by atoms with Gasteiger partial charge in [0.2, 0.25) is 0 Å². The molecule has 0 spiro atoms. The normalized spacial score (nSPS) is 25.4. The molecule has 0 heteroatoms. The second-order valence-electron chi connectivity index (χ2n) is 21.7. The summed E-state index contributed by atoms with van der Waals surface area (Å²) < 4.78 is 0. The van der Waals surface area contributed by atoms with E-state index in [1.165, 1.54) is 114 Å². The van der Waals surface area contributed by atoms with Crippen molar-refractivity contribution in [3.63, 3.8) is 0 Å². The Balaban J connectivity index is 0.000000197. The van der Waals surface area contributed by atoms with E-state index in [1.807, 2.05) is 0 Å². The Hall–Kier alpha value is -0.780. The molecule has 4 saturated carbocycles. The molecule has 0 heterocycles. The van der Waals surface area contributed by atoms with Gasteiger partial charge in [-0.25, -0.2) is 0 Å². The highest BCUT2D eigenvalue weighted by Crippen LogP contribution is 2.53. The van der Waals surface area contributed by atoms with Crippen LogP contribution in [0.2, 0.25) is 0 Å². The van der Waals surface area contributed by atoms with Gasteiger partial charge in [-0.15, -0.1) is 0 Å². The Labute approximate surface area is 296 Å². The van der Waals surface area contributed by atoms with E-state index in [-0.39, 0.29) is 0 Å². The molecule has 5 rings (SSSR count). The molecule has 0 amide bonds. The molecule has 272 valence electrons. The maximum atomic E-state index is 2.58. The summed E-state index contributed by atoms with van der Waals surface area (Å²) in [6, 6.07) is 8.94. The average Bonchev–Trinajstić information content (AvgIpc) is 2.98. The van der Waals surface area contributed by atoms with Crippen molar-refractivity contribution in [3.05, 3.63) is 35.4 Å². The van der Waals surface area contributed by atoms with Crippen LogP contribution in [0, 0.1) is 50.7 Å². The van der Waals surface area contributed by atoms with E-state index in [0.29, 0.717) is 38.9 Å². The lowest BCUT2D eigenvalue weighted by molar-refractivity contribution is 0.0148. The van der Waals surface area contributed by atoms with E-state index >= 15 is 0 Å². The van der Waals surface area contributed by atoms with Gasteiger partial charge in [0.25, 0.3) is 0 Å². The van der Waals surface area contributed by atoms with Crippen LogP contribution in [0.5, 0.6) is 0 Å². The fourth-order valence-electron chi connectivity index (χ4n) is 9.67. The van der Waals surface area contributed by atoms with Crippen molar-refractivity contribution in [3.8, 4) is 0 Å². The van der Waals surface area contributed by atoms with Crippen molar-refractivity contribution in [1.82, 2.24) is 0 Å². The van der Waals surface area contributed by atoms with Gasteiger partial charge in [-0.2, -0.15) is 0 Å². The van der Waals surface area contributed by atoms with Crippen LogP contribution in [-0.2, 0) is 0 Å². The summed E-state index contributed by atoms with van der Waals surface area (Å²) >= 11 is 0. The van der Waals surface area contributed by atoms with Crippen molar-refractivity contribution in [1.29, 1.82) is 0 Å². The number of hydrogen-bond acceptors (Lipinski definition) is 0. The van der Waals surface area contributed by atoms with Gasteiger partial charge in [0.1, 0.15) is 0 Å². The maximum absolute atomic E-state index is 2.58. The molecule has 0 unspecified atom stereocenters. The summed E-state index contributed by atoms with van der Waals surface area (Å²) in [5.74, 6) is 5.39. The summed E-state index contributed by atoms with van der Waals surface area (Å²) in [6.07, 6.45) is 23.6. The highest BCUT2D eigenvalue weighted by molar-refractivity contribution is 5.26. The zero-order chi connectivity index (χ0) is 35.3. The molecule has 47 heavy (non-hydrogen) atoms. The van der Waals surface area contributed by atoms with Crippen molar-refractivity contribution in [2.75, 3.05) is 0 Å². The van der Waals surface area contributed by atoms with Gasteiger partial charge >= 0.3 is 0 Å². The van der Waals surface area contributed by atoms with Gasteiger partial charge in [-0.1, -0.05) is 121 Å². The topological polar surface area (TPSA) is 0 Å². The predicted molar refractivity (Wildman–Crippen MR) is 211 cm³/mol. The summed E-state index contributed by atoms with van der Waals surface area (Å²) in [5.41, 5.74) is 5.95. The minimum absolute atomic E-state index is 0.576. The Kier molecular flexibility index (Phi) is 14.3. The van der Waals surface area contributed by atoms with E-state index in [4.69, 9.17) is 0 Å². The molecule has 0 aliphatic heterocycles. The summed E-state index contributed by atoms with van der Waals surface area (Å²) in [7, 11) is 0. The Morgan fingerprint density at radius 2 is 0.638 bits per heavy atom. The Bertz CT molecular complexity index is 921. The smallest absolute Gasteiger partial charge is 0.0219 e. The van der Waals surface area contributed by atoms with Crippen LogP contribution >= 0.6 is 0 Å². The standard InChI is InChI=1S/C19H36.C16H30.C12H18/c1-17(2)11-7-15(8-12-17)19(5,6)16-9-13-18(3,4)14-10-16;1-15(2)9-5-13(6-10-15)14-7-11-16(3,4)12-8-14;1-9(2)11-5-7-12(8-6-11)10(3)4/h15-16H,7-14H2,1-6H3;13-14H,5-12H2,1-4H3;5-10H,1-4H3. The molecule has 1 aromatic carbocycles. The van der Waals surface area contributed by atoms with E-state index in [1.54, 1.807) is 0 Å². The molecule has 0 aromatic heterocycles. The lowest BCUT2D eigenvalue weighted by Gasteiger charge is -2.49. The first kappa shape index (κ1) is 40.6. The zero-order valence-electron chi connectivity index (χ0n) is 34.6.